The molecule has 0 aromatic carbocycles. The van der Waals surface area contributed by atoms with E-state index in [1.165, 1.54) is 19.4 Å². The number of rotatable bonds is 6. The van der Waals surface area contributed by atoms with E-state index in [0.717, 1.165) is 5.56 Å². The van der Waals surface area contributed by atoms with Gasteiger partial charge in [-0.2, -0.15) is 0 Å². The molecule has 1 aliphatic heterocycles. The summed E-state index contributed by atoms with van der Waals surface area (Å²) in [6.45, 7) is 7.28. The number of carbonyl (C=O) groups excluding carboxylic acids is 1. The van der Waals surface area contributed by atoms with Gasteiger partial charge < -0.3 is 19.5 Å². The fraction of sp³-hybridized carbons (Fsp3) is 0.333. The van der Waals surface area contributed by atoms with Crippen LogP contribution < -0.4 is 15.2 Å². The van der Waals surface area contributed by atoms with Crippen molar-refractivity contribution in [2.45, 2.75) is 13.0 Å². The maximum atomic E-state index is 12.4. The highest BCUT2D eigenvalue weighted by Crippen LogP contribution is 2.24. The zero-order valence-corrected chi connectivity index (χ0v) is 14.8. The number of pyridine rings is 1. The third-order valence-corrected chi connectivity index (χ3v) is 4.44. The van der Waals surface area contributed by atoms with Crippen LogP contribution in [0.25, 0.3) is 11.3 Å². The predicted octanol–water partition coefficient (Wildman–Crippen LogP) is 1.06. The minimum Gasteiger partial charge on any atom is -0.480 e. The lowest BCUT2D eigenvalue weighted by Gasteiger charge is -2.45. The molecule has 136 valence electrons. The molecule has 2 aromatic rings. The number of likely N-dealkylation sites (tertiary alicyclic amines) is 1. The van der Waals surface area contributed by atoms with Gasteiger partial charge in [-0.1, -0.05) is 6.58 Å². The molecule has 3 heterocycles. The molecule has 0 atom stereocenters. The fourth-order valence-corrected chi connectivity index (χ4v) is 3.01. The summed E-state index contributed by atoms with van der Waals surface area (Å²) in [6.07, 6.45) is 6.05. The number of aromatic nitrogens is 3. The van der Waals surface area contributed by atoms with Crippen LogP contribution in [0.3, 0.4) is 0 Å². The van der Waals surface area contributed by atoms with Gasteiger partial charge in [-0.05, 0) is 19.1 Å². The van der Waals surface area contributed by atoms with E-state index >= 15 is 0 Å². The first-order chi connectivity index (χ1) is 12.6. The van der Waals surface area contributed by atoms with Gasteiger partial charge in [0.05, 0.1) is 31.2 Å². The Morgan fingerprint density at radius 2 is 2.27 bits per heavy atom. The van der Waals surface area contributed by atoms with E-state index in [1.54, 1.807) is 23.4 Å². The van der Waals surface area contributed by atoms with Crippen molar-refractivity contribution in [3.8, 4) is 17.1 Å². The SMILES string of the molecule is C=CC(=O)N1CC(N(CC)c2cc(-c3cncc(OC)n3)c[nH]c2=O)C1. The molecular formula is C18H21N5O3. The van der Waals surface area contributed by atoms with Crippen LogP contribution in [0, 0.1) is 0 Å². The van der Waals surface area contributed by atoms with Crippen molar-refractivity contribution in [3.05, 3.63) is 47.7 Å². The highest BCUT2D eigenvalue weighted by atomic mass is 16.5. The second-order valence-electron chi connectivity index (χ2n) is 5.94. The number of hydrogen-bond acceptors (Lipinski definition) is 6. The number of likely N-dealkylation sites (N-methyl/N-ethyl adjacent to an activating group) is 1. The lowest BCUT2D eigenvalue weighted by molar-refractivity contribution is -0.130. The van der Waals surface area contributed by atoms with Gasteiger partial charge in [-0.25, -0.2) is 4.98 Å². The minimum absolute atomic E-state index is 0.0911. The second kappa shape index (κ2) is 7.38. The zero-order valence-electron chi connectivity index (χ0n) is 14.8. The molecule has 1 aliphatic rings. The van der Waals surface area contributed by atoms with Crippen molar-refractivity contribution >= 4 is 11.6 Å². The second-order valence-corrected chi connectivity index (χ2v) is 5.94. The topological polar surface area (TPSA) is 91.4 Å². The van der Waals surface area contributed by atoms with Crippen LogP contribution in [0.15, 0.2) is 42.1 Å². The smallest absolute Gasteiger partial charge is 0.271 e. The molecule has 2 aromatic heterocycles. The Balaban J connectivity index is 1.88. The number of methoxy groups -OCH3 is 1. The normalized spacial score (nSPS) is 13.8. The molecular weight excluding hydrogens is 334 g/mol. The van der Waals surface area contributed by atoms with Gasteiger partial charge in [0.1, 0.15) is 5.69 Å². The average molecular weight is 355 g/mol. The number of carbonyl (C=O) groups is 1. The van der Waals surface area contributed by atoms with Crippen molar-refractivity contribution in [1.29, 1.82) is 0 Å². The zero-order chi connectivity index (χ0) is 18.7. The van der Waals surface area contributed by atoms with E-state index in [0.29, 0.717) is 36.9 Å². The molecule has 0 aliphatic carbocycles. The molecule has 26 heavy (non-hydrogen) atoms. The largest absolute Gasteiger partial charge is 0.480 e. The molecule has 0 radical (unpaired) electrons. The van der Waals surface area contributed by atoms with E-state index in [1.807, 2.05) is 11.8 Å². The van der Waals surface area contributed by atoms with E-state index < -0.39 is 0 Å². The number of anilines is 1. The summed E-state index contributed by atoms with van der Waals surface area (Å²) in [5, 5.41) is 0. The van der Waals surface area contributed by atoms with Gasteiger partial charge >= 0.3 is 0 Å². The summed E-state index contributed by atoms with van der Waals surface area (Å²) in [6, 6.07) is 1.89. The molecule has 8 heteroatoms. The predicted molar refractivity (Wildman–Crippen MR) is 98.2 cm³/mol. The van der Waals surface area contributed by atoms with Crippen LogP contribution in [0.2, 0.25) is 0 Å². The lowest BCUT2D eigenvalue weighted by Crippen LogP contribution is -2.61. The van der Waals surface area contributed by atoms with Crippen LogP contribution >= 0.6 is 0 Å². The van der Waals surface area contributed by atoms with E-state index in [2.05, 4.69) is 21.5 Å². The fourth-order valence-electron chi connectivity index (χ4n) is 3.01. The van der Waals surface area contributed by atoms with Gasteiger partial charge in [0.15, 0.2) is 0 Å². The van der Waals surface area contributed by atoms with Crippen molar-refractivity contribution in [3.63, 3.8) is 0 Å². The lowest BCUT2D eigenvalue weighted by atomic mass is 10.1. The molecule has 3 rings (SSSR count). The number of ether oxygens (including phenoxy) is 1. The molecule has 0 saturated carbocycles. The van der Waals surface area contributed by atoms with E-state index in [-0.39, 0.29) is 17.5 Å². The molecule has 1 fully saturated rings. The summed E-state index contributed by atoms with van der Waals surface area (Å²) < 4.78 is 5.11. The Hall–Kier alpha value is -3.16. The molecule has 8 nitrogen and oxygen atoms in total. The maximum Gasteiger partial charge on any atom is 0.271 e. The average Bonchev–Trinajstić information content (AvgIpc) is 2.64. The van der Waals surface area contributed by atoms with E-state index in [9.17, 15) is 9.59 Å². The summed E-state index contributed by atoms with van der Waals surface area (Å²) in [5.41, 5.74) is 1.71. The number of aromatic amines is 1. The number of nitrogens with one attached hydrogen (secondary N) is 1. The number of nitrogens with zero attached hydrogens (tertiary/aromatic N) is 4. The van der Waals surface area contributed by atoms with Crippen molar-refractivity contribution in [2.24, 2.45) is 0 Å². The first kappa shape index (κ1) is 17.7. The summed E-state index contributed by atoms with van der Waals surface area (Å²) in [5.74, 6) is 0.312. The number of H-pyrrole nitrogens is 1. The van der Waals surface area contributed by atoms with Gasteiger partial charge in [0.2, 0.25) is 11.8 Å². The quantitative estimate of drug-likeness (QED) is 0.779. The Morgan fingerprint density at radius 1 is 1.50 bits per heavy atom. The van der Waals surface area contributed by atoms with Crippen molar-refractivity contribution in [2.75, 3.05) is 31.6 Å². The third-order valence-electron chi connectivity index (χ3n) is 4.44. The third kappa shape index (κ3) is 3.30. The molecule has 1 amide bonds. The Kier molecular flexibility index (Phi) is 5.01. The minimum atomic E-state index is -0.181. The number of hydrogen-bond donors (Lipinski definition) is 1. The van der Waals surface area contributed by atoms with Crippen LogP contribution in [0.4, 0.5) is 5.69 Å². The van der Waals surface area contributed by atoms with E-state index in [4.69, 9.17) is 4.74 Å². The van der Waals surface area contributed by atoms with Gasteiger partial charge in [0.25, 0.3) is 5.56 Å². The molecule has 1 saturated heterocycles. The van der Waals surface area contributed by atoms with Crippen LogP contribution in [-0.2, 0) is 4.79 Å². The Morgan fingerprint density at radius 3 is 2.92 bits per heavy atom. The van der Waals surface area contributed by atoms with Crippen molar-refractivity contribution in [1.82, 2.24) is 19.9 Å². The van der Waals surface area contributed by atoms with Gasteiger partial charge in [-0.3, -0.25) is 14.6 Å². The molecule has 0 spiro atoms. The number of amides is 1. The Bertz CT molecular complexity index is 873. The van der Waals surface area contributed by atoms with Crippen LogP contribution in [0.5, 0.6) is 5.88 Å². The molecule has 0 bridgehead atoms. The monoisotopic (exact) mass is 355 g/mol. The molecule has 1 N–H and O–H groups in total. The van der Waals surface area contributed by atoms with Gasteiger partial charge in [-0.15, -0.1) is 0 Å². The van der Waals surface area contributed by atoms with Crippen molar-refractivity contribution < 1.29 is 9.53 Å². The molecule has 0 unspecified atom stereocenters. The van der Waals surface area contributed by atoms with Crippen LogP contribution in [0.1, 0.15) is 6.92 Å². The maximum absolute atomic E-state index is 12.4. The highest BCUT2D eigenvalue weighted by molar-refractivity contribution is 5.87. The summed E-state index contributed by atoms with van der Waals surface area (Å²) in [4.78, 5) is 39.0. The Labute approximate surface area is 151 Å². The highest BCUT2D eigenvalue weighted by Gasteiger charge is 2.34. The summed E-state index contributed by atoms with van der Waals surface area (Å²) >= 11 is 0. The summed E-state index contributed by atoms with van der Waals surface area (Å²) in [7, 11) is 1.53. The first-order valence-corrected chi connectivity index (χ1v) is 8.34. The first-order valence-electron chi connectivity index (χ1n) is 8.34. The van der Waals surface area contributed by atoms with Gasteiger partial charge in [0, 0.05) is 31.4 Å². The van der Waals surface area contributed by atoms with Crippen LogP contribution in [-0.4, -0.2) is 58.5 Å². The standard InChI is InChI=1S/C18H21N5O3/c1-4-17(24)22-10-13(11-22)23(5-2)15-6-12(7-20-18(15)25)14-8-19-9-16(21-14)26-3/h4,6-9,13H,1,5,10-11H2,2-3H3,(H,20,25).